The topological polar surface area (TPSA) is 99.3 Å². The number of anilines is 1. The Labute approximate surface area is 165 Å². The molecule has 0 atom stereocenters. The van der Waals surface area contributed by atoms with E-state index in [9.17, 15) is 14.9 Å². The molecule has 1 N–H and O–H groups in total. The second-order valence-electron chi connectivity index (χ2n) is 5.92. The Bertz CT molecular complexity index is 1000. The normalized spacial score (nSPS) is 10.5. The lowest BCUT2D eigenvalue weighted by Crippen LogP contribution is -2.12. The zero-order valence-corrected chi connectivity index (χ0v) is 15.7. The van der Waals surface area contributed by atoms with Crippen LogP contribution < -0.4 is 10.1 Å². The largest absolute Gasteiger partial charge is 0.471 e. The molecule has 0 aliphatic heterocycles. The predicted octanol–water partition coefficient (Wildman–Crippen LogP) is 4.30. The molecule has 3 rings (SSSR count). The molecule has 2 aromatic carbocycles. The summed E-state index contributed by atoms with van der Waals surface area (Å²) in [6.45, 7) is 2.26. The van der Waals surface area contributed by atoms with Crippen molar-refractivity contribution in [2.24, 2.45) is 0 Å². The van der Waals surface area contributed by atoms with Gasteiger partial charge in [-0.25, -0.2) is 4.68 Å². The first-order chi connectivity index (χ1) is 13.5. The number of nitro groups is 1. The quantitative estimate of drug-likeness (QED) is 0.471. The maximum Gasteiger partial charge on any atom is 0.288 e. The summed E-state index contributed by atoms with van der Waals surface area (Å²) in [5.41, 5.74) is 1.45. The van der Waals surface area contributed by atoms with E-state index in [-0.39, 0.29) is 23.0 Å². The molecule has 3 aromatic rings. The van der Waals surface area contributed by atoms with E-state index in [1.165, 1.54) is 28.6 Å². The Morgan fingerprint density at radius 1 is 1.29 bits per heavy atom. The molecule has 1 aromatic heterocycles. The van der Waals surface area contributed by atoms with Crippen LogP contribution >= 0.6 is 11.6 Å². The lowest BCUT2D eigenvalue weighted by molar-refractivity contribution is -0.384. The lowest BCUT2D eigenvalue weighted by Gasteiger charge is -2.06. The van der Waals surface area contributed by atoms with Crippen LogP contribution in [0.4, 0.5) is 11.4 Å². The van der Waals surface area contributed by atoms with Gasteiger partial charge in [0.05, 0.1) is 23.0 Å². The van der Waals surface area contributed by atoms with Crippen molar-refractivity contribution < 1.29 is 14.5 Å². The second-order valence-corrected chi connectivity index (χ2v) is 6.32. The standard InChI is InChI=1S/C19H17ClN4O4/c1-2-13-3-6-16(7-4-13)28-12-23-11-15(10-21-23)22-19(25)14-5-8-17(20)18(9-14)24(26)27/h3-11H,2,12H2,1H3,(H,22,25). The Kier molecular flexibility index (Phi) is 5.90. The molecule has 1 heterocycles. The number of rotatable bonds is 7. The van der Waals surface area contributed by atoms with Crippen LogP contribution in [-0.4, -0.2) is 20.6 Å². The summed E-state index contributed by atoms with van der Waals surface area (Å²) >= 11 is 5.76. The van der Waals surface area contributed by atoms with Crippen LogP contribution in [0, 0.1) is 10.1 Å². The number of carbonyl (C=O) groups is 1. The van der Waals surface area contributed by atoms with E-state index < -0.39 is 10.8 Å². The average Bonchev–Trinajstić information content (AvgIpc) is 3.14. The highest BCUT2D eigenvalue weighted by Crippen LogP contribution is 2.25. The van der Waals surface area contributed by atoms with E-state index in [1.807, 2.05) is 24.3 Å². The first kappa shape index (κ1) is 19.4. The van der Waals surface area contributed by atoms with Gasteiger partial charge in [-0.3, -0.25) is 14.9 Å². The molecule has 0 unspecified atom stereocenters. The fourth-order valence-electron chi connectivity index (χ4n) is 2.46. The maximum atomic E-state index is 12.3. The Morgan fingerprint density at radius 3 is 2.71 bits per heavy atom. The molecule has 144 valence electrons. The summed E-state index contributed by atoms with van der Waals surface area (Å²) in [5.74, 6) is 0.210. The van der Waals surface area contributed by atoms with Crippen molar-refractivity contribution in [1.82, 2.24) is 9.78 Å². The zero-order chi connectivity index (χ0) is 20.1. The molecule has 0 bridgehead atoms. The summed E-state index contributed by atoms with van der Waals surface area (Å²) in [4.78, 5) is 22.6. The first-order valence-corrected chi connectivity index (χ1v) is 8.83. The summed E-state index contributed by atoms with van der Waals surface area (Å²) in [5, 5.41) is 17.7. The molecule has 0 spiro atoms. The highest BCUT2D eigenvalue weighted by atomic mass is 35.5. The molecule has 28 heavy (non-hydrogen) atoms. The number of nitro benzene ring substituents is 1. The zero-order valence-electron chi connectivity index (χ0n) is 15.0. The van der Waals surface area contributed by atoms with Gasteiger partial charge in [0.2, 0.25) is 0 Å². The van der Waals surface area contributed by atoms with Gasteiger partial charge in [0.1, 0.15) is 10.8 Å². The molecule has 9 heteroatoms. The van der Waals surface area contributed by atoms with Crippen molar-refractivity contribution in [3.05, 3.63) is 81.1 Å². The van der Waals surface area contributed by atoms with Crippen molar-refractivity contribution in [3.63, 3.8) is 0 Å². The SMILES string of the molecule is CCc1ccc(OCn2cc(NC(=O)c3ccc(Cl)c([N+](=O)[O-])c3)cn2)cc1. The maximum absolute atomic E-state index is 12.3. The minimum atomic E-state index is -0.637. The highest BCUT2D eigenvalue weighted by molar-refractivity contribution is 6.32. The van der Waals surface area contributed by atoms with Gasteiger partial charge in [-0.05, 0) is 36.2 Å². The van der Waals surface area contributed by atoms with E-state index in [0.717, 1.165) is 12.5 Å². The number of nitrogens with zero attached hydrogens (tertiary/aromatic N) is 3. The number of ether oxygens (including phenoxy) is 1. The van der Waals surface area contributed by atoms with Crippen LogP contribution in [0.5, 0.6) is 5.75 Å². The van der Waals surface area contributed by atoms with Gasteiger partial charge in [0.25, 0.3) is 11.6 Å². The second kappa shape index (κ2) is 8.53. The number of amides is 1. The van der Waals surface area contributed by atoms with Crippen LogP contribution in [0.15, 0.2) is 54.9 Å². The molecule has 0 saturated carbocycles. The van der Waals surface area contributed by atoms with E-state index in [4.69, 9.17) is 16.3 Å². The van der Waals surface area contributed by atoms with Crippen LogP contribution in [0.3, 0.4) is 0 Å². The molecule has 0 radical (unpaired) electrons. The van der Waals surface area contributed by atoms with E-state index in [2.05, 4.69) is 17.3 Å². The third-order valence-corrected chi connectivity index (χ3v) is 4.31. The van der Waals surface area contributed by atoms with Gasteiger partial charge < -0.3 is 10.1 Å². The van der Waals surface area contributed by atoms with E-state index in [0.29, 0.717) is 11.4 Å². The fourth-order valence-corrected chi connectivity index (χ4v) is 2.64. The van der Waals surface area contributed by atoms with Crippen molar-refractivity contribution >= 4 is 28.9 Å². The number of halogens is 1. The molecule has 8 nitrogen and oxygen atoms in total. The Hall–Kier alpha value is -3.39. The molecule has 0 fully saturated rings. The molecule has 1 amide bonds. The van der Waals surface area contributed by atoms with Gasteiger partial charge in [-0.2, -0.15) is 5.10 Å². The van der Waals surface area contributed by atoms with Crippen molar-refractivity contribution in [1.29, 1.82) is 0 Å². The number of carbonyl (C=O) groups excluding carboxylic acids is 1. The van der Waals surface area contributed by atoms with E-state index >= 15 is 0 Å². The van der Waals surface area contributed by atoms with Gasteiger partial charge in [-0.1, -0.05) is 30.7 Å². The summed E-state index contributed by atoms with van der Waals surface area (Å²) in [7, 11) is 0. The number of aryl methyl sites for hydroxylation is 1. The highest BCUT2D eigenvalue weighted by Gasteiger charge is 2.16. The average molecular weight is 401 g/mol. The van der Waals surface area contributed by atoms with Gasteiger partial charge in [0.15, 0.2) is 6.73 Å². The monoisotopic (exact) mass is 400 g/mol. The third-order valence-electron chi connectivity index (χ3n) is 3.99. The smallest absolute Gasteiger partial charge is 0.288 e. The minimum absolute atomic E-state index is 0.0292. The van der Waals surface area contributed by atoms with Gasteiger partial charge in [0, 0.05) is 11.6 Å². The molecule has 0 aliphatic carbocycles. The summed E-state index contributed by atoms with van der Waals surface area (Å²) in [6, 6.07) is 11.6. The number of hydrogen-bond acceptors (Lipinski definition) is 5. The van der Waals surface area contributed by atoms with Crippen molar-refractivity contribution in [3.8, 4) is 5.75 Å². The van der Waals surface area contributed by atoms with Crippen LogP contribution in [-0.2, 0) is 13.2 Å². The number of nitrogens with one attached hydrogen (secondary N) is 1. The fraction of sp³-hybridized carbons (Fsp3) is 0.158. The number of aromatic nitrogens is 2. The first-order valence-electron chi connectivity index (χ1n) is 8.45. The van der Waals surface area contributed by atoms with Crippen LogP contribution in [0.1, 0.15) is 22.8 Å². The third kappa shape index (κ3) is 4.66. The summed E-state index contributed by atoms with van der Waals surface area (Å²) in [6.07, 6.45) is 4.02. The molecule has 0 aliphatic rings. The Morgan fingerprint density at radius 2 is 2.04 bits per heavy atom. The van der Waals surface area contributed by atoms with Crippen LogP contribution in [0.25, 0.3) is 0 Å². The molecule has 0 saturated heterocycles. The molecular weight excluding hydrogens is 384 g/mol. The minimum Gasteiger partial charge on any atom is -0.471 e. The van der Waals surface area contributed by atoms with Crippen molar-refractivity contribution in [2.45, 2.75) is 20.1 Å². The Balaban J connectivity index is 1.61. The number of benzene rings is 2. The van der Waals surface area contributed by atoms with Gasteiger partial charge in [-0.15, -0.1) is 0 Å². The molecular formula is C19H17ClN4O4. The predicted molar refractivity (Wildman–Crippen MR) is 105 cm³/mol. The van der Waals surface area contributed by atoms with Gasteiger partial charge >= 0.3 is 0 Å². The lowest BCUT2D eigenvalue weighted by atomic mass is 10.2. The van der Waals surface area contributed by atoms with E-state index in [1.54, 1.807) is 6.20 Å². The summed E-state index contributed by atoms with van der Waals surface area (Å²) < 4.78 is 7.17. The number of hydrogen-bond donors (Lipinski definition) is 1. The van der Waals surface area contributed by atoms with Crippen molar-refractivity contribution in [2.75, 3.05) is 5.32 Å². The van der Waals surface area contributed by atoms with Crippen LogP contribution in [0.2, 0.25) is 5.02 Å².